The molecule has 0 saturated carbocycles. The molecule has 0 unspecified atom stereocenters. The lowest BCUT2D eigenvalue weighted by Crippen LogP contribution is -2.37. The highest BCUT2D eigenvalue weighted by Crippen LogP contribution is 2.32. The SMILES string of the molecule is Cc1ccc(NC(=O)c2cn(C(C)(C)C)cn2)cc1-c1cc(N2CCOCC2)n2cncc2c1. The van der Waals surface area contributed by atoms with Gasteiger partial charge in [-0.25, -0.2) is 9.97 Å². The molecule has 34 heavy (non-hydrogen) atoms. The van der Waals surface area contributed by atoms with Crippen LogP contribution in [0.25, 0.3) is 16.6 Å². The van der Waals surface area contributed by atoms with Gasteiger partial charge in [-0.2, -0.15) is 0 Å². The van der Waals surface area contributed by atoms with Crippen molar-refractivity contribution in [1.29, 1.82) is 0 Å². The molecule has 0 radical (unpaired) electrons. The first-order valence-electron chi connectivity index (χ1n) is 11.6. The Hall–Kier alpha value is -3.65. The fourth-order valence-corrected chi connectivity index (χ4v) is 4.22. The van der Waals surface area contributed by atoms with Gasteiger partial charge in [0, 0.05) is 30.5 Å². The van der Waals surface area contributed by atoms with E-state index in [-0.39, 0.29) is 11.4 Å². The van der Waals surface area contributed by atoms with Crippen LogP contribution in [0.4, 0.5) is 11.5 Å². The Bertz CT molecular complexity index is 1340. The number of hydrogen-bond acceptors (Lipinski definition) is 5. The molecule has 4 heterocycles. The number of morpholine rings is 1. The number of ether oxygens (including phenoxy) is 1. The number of nitrogens with one attached hydrogen (secondary N) is 1. The minimum Gasteiger partial charge on any atom is -0.378 e. The molecule has 176 valence electrons. The highest BCUT2D eigenvalue weighted by Gasteiger charge is 2.19. The predicted octanol–water partition coefficient (Wildman–Crippen LogP) is 4.35. The third-order valence-corrected chi connectivity index (χ3v) is 6.23. The van der Waals surface area contributed by atoms with Gasteiger partial charge in [-0.15, -0.1) is 0 Å². The summed E-state index contributed by atoms with van der Waals surface area (Å²) in [7, 11) is 0. The summed E-state index contributed by atoms with van der Waals surface area (Å²) in [6, 6.07) is 10.3. The van der Waals surface area contributed by atoms with Gasteiger partial charge in [-0.3, -0.25) is 9.20 Å². The maximum Gasteiger partial charge on any atom is 0.275 e. The van der Waals surface area contributed by atoms with Crippen LogP contribution in [0.15, 0.2) is 55.4 Å². The maximum atomic E-state index is 12.9. The second-order valence-electron chi connectivity index (χ2n) is 9.71. The third kappa shape index (κ3) is 4.28. The lowest BCUT2D eigenvalue weighted by atomic mass is 10.00. The summed E-state index contributed by atoms with van der Waals surface area (Å²) < 4.78 is 9.60. The third-order valence-electron chi connectivity index (χ3n) is 6.23. The van der Waals surface area contributed by atoms with Crippen molar-refractivity contribution < 1.29 is 9.53 Å². The van der Waals surface area contributed by atoms with Gasteiger partial charge in [-0.05, 0) is 68.7 Å². The summed E-state index contributed by atoms with van der Waals surface area (Å²) in [6.07, 6.45) is 7.21. The van der Waals surface area contributed by atoms with Gasteiger partial charge in [0.1, 0.15) is 17.8 Å². The first-order chi connectivity index (χ1) is 16.3. The zero-order valence-corrected chi connectivity index (χ0v) is 20.1. The first-order valence-corrected chi connectivity index (χ1v) is 11.6. The van der Waals surface area contributed by atoms with E-state index in [1.807, 2.05) is 35.3 Å². The lowest BCUT2D eigenvalue weighted by Gasteiger charge is -2.30. The number of hydrogen-bond donors (Lipinski definition) is 1. The molecule has 3 aromatic heterocycles. The number of carbonyl (C=O) groups excluding carboxylic acids is 1. The van der Waals surface area contributed by atoms with Crippen molar-refractivity contribution in [3.63, 3.8) is 0 Å². The molecule has 1 amide bonds. The molecule has 4 aromatic rings. The summed E-state index contributed by atoms with van der Waals surface area (Å²) in [5.74, 6) is 0.868. The number of benzene rings is 1. The van der Waals surface area contributed by atoms with E-state index in [4.69, 9.17) is 4.74 Å². The number of aryl methyl sites for hydroxylation is 1. The maximum absolute atomic E-state index is 12.9. The zero-order valence-electron chi connectivity index (χ0n) is 20.1. The average molecular weight is 459 g/mol. The summed E-state index contributed by atoms with van der Waals surface area (Å²) in [4.78, 5) is 23.9. The molecule has 1 fully saturated rings. The molecule has 0 bridgehead atoms. The van der Waals surface area contributed by atoms with Crippen LogP contribution in [0.1, 0.15) is 36.8 Å². The fraction of sp³-hybridized carbons (Fsp3) is 0.346. The van der Waals surface area contributed by atoms with Crippen LogP contribution in [-0.4, -0.2) is 51.1 Å². The largest absolute Gasteiger partial charge is 0.378 e. The molecule has 1 aliphatic heterocycles. The van der Waals surface area contributed by atoms with Gasteiger partial charge >= 0.3 is 0 Å². The number of fused-ring (bicyclic) bond motifs is 1. The molecular weight excluding hydrogens is 428 g/mol. The fourth-order valence-electron chi connectivity index (χ4n) is 4.22. The highest BCUT2D eigenvalue weighted by molar-refractivity contribution is 6.03. The summed E-state index contributed by atoms with van der Waals surface area (Å²) >= 11 is 0. The molecule has 1 aromatic carbocycles. The van der Waals surface area contributed by atoms with Gasteiger partial charge in [0.05, 0.1) is 31.3 Å². The monoisotopic (exact) mass is 458 g/mol. The van der Waals surface area contributed by atoms with Crippen molar-refractivity contribution in [2.75, 3.05) is 36.5 Å². The Balaban J connectivity index is 1.47. The molecule has 0 spiro atoms. The Kier molecular flexibility index (Phi) is 5.61. The molecule has 5 rings (SSSR count). The number of nitrogens with zero attached hydrogens (tertiary/aromatic N) is 5. The number of rotatable bonds is 4. The minimum atomic E-state index is -0.224. The molecule has 8 nitrogen and oxygen atoms in total. The van der Waals surface area contributed by atoms with Crippen molar-refractivity contribution in [2.24, 2.45) is 0 Å². The van der Waals surface area contributed by atoms with Gasteiger partial charge in [0.2, 0.25) is 0 Å². The van der Waals surface area contributed by atoms with Crippen molar-refractivity contribution in [3.8, 4) is 11.1 Å². The van der Waals surface area contributed by atoms with E-state index >= 15 is 0 Å². The molecule has 1 aliphatic rings. The van der Waals surface area contributed by atoms with Crippen molar-refractivity contribution >= 4 is 22.9 Å². The van der Waals surface area contributed by atoms with Gasteiger partial charge in [0.15, 0.2) is 0 Å². The molecule has 1 N–H and O–H groups in total. The van der Waals surface area contributed by atoms with Crippen LogP contribution in [0.5, 0.6) is 0 Å². The second-order valence-corrected chi connectivity index (χ2v) is 9.71. The van der Waals surface area contributed by atoms with Crippen LogP contribution in [0.2, 0.25) is 0 Å². The van der Waals surface area contributed by atoms with Gasteiger partial charge in [-0.1, -0.05) is 6.07 Å². The molecule has 0 atom stereocenters. The number of aromatic nitrogens is 4. The Morgan fingerprint density at radius 1 is 1.09 bits per heavy atom. The minimum absolute atomic E-state index is 0.132. The van der Waals surface area contributed by atoms with E-state index in [9.17, 15) is 4.79 Å². The van der Waals surface area contributed by atoms with Crippen molar-refractivity contribution in [3.05, 3.63) is 66.6 Å². The number of pyridine rings is 1. The first kappa shape index (κ1) is 22.2. The van der Waals surface area contributed by atoms with Gasteiger partial charge in [0.25, 0.3) is 5.91 Å². The Labute approximate surface area is 199 Å². The summed E-state index contributed by atoms with van der Waals surface area (Å²) in [6.45, 7) is 11.4. The van der Waals surface area contributed by atoms with Crippen LogP contribution in [-0.2, 0) is 10.3 Å². The molecule has 1 saturated heterocycles. The number of imidazole rings is 2. The van der Waals surface area contributed by atoms with Crippen molar-refractivity contribution in [1.82, 2.24) is 18.9 Å². The molecule has 8 heteroatoms. The Morgan fingerprint density at radius 2 is 1.88 bits per heavy atom. The van der Waals surface area contributed by atoms with E-state index in [1.165, 1.54) is 0 Å². The zero-order chi connectivity index (χ0) is 23.9. The second kappa shape index (κ2) is 8.61. The van der Waals surface area contributed by atoms with E-state index in [1.54, 1.807) is 12.5 Å². The van der Waals surface area contributed by atoms with E-state index in [0.717, 1.165) is 46.8 Å². The number of carbonyl (C=O) groups is 1. The predicted molar refractivity (Wildman–Crippen MR) is 134 cm³/mol. The van der Waals surface area contributed by atoms with E-state index in [2.05, 4.69) is 64.4 Å². The van der Waals surface area contributed by atoms with Crippen molar-refractivity contribution in [2.45, 2.75) is 33.2 Å². The average Bonchev–Trinajstić information content (AvgIpc) is 3.50. The normalized spacial score (nSPS) is 14.5. The van der Waals surface area contributed by atoms with Crippen LogP contribution in [0, 0.1) is 6.92 Å². The smallest absolute Gasteiger partial charge is 0.275 e. The number of anilines is 2. The van der Waals surface area contributed by atoms with E-state index in [0.29, 0.717) is 18.9 Å². The van der Waals surface area contributed by atoms with E-state index < -0.39 is 0 Å². The summed E-state index contributed by atoms with van der Waals surface area (Å²) in [5.41, 5.74) is 5.31. The lowest BCUT2D eigenvalue weighted by molar-refractivity contribution is 0.102. The molecule has 0 aliphatic carbocycles. The molecular formula is C26H30N6O2. The Morgan fingerprint density at radius 3 is 2.62 bits per heavy atom. The number of amides is 1. The topological polar surface area (TPSA) is 76.7 Å². The summed E-state index contributed by atoms with van der Waals surface area (Å²) in [5, 5.41) is 3.01. The van der Waals surface area contributed by atoms with Crippen LogP contribution >= 0.6 is 0 Å². The highest BCUT2D eigenvalue weighted by atomic mass is 16.5. The quantitative estimate of drug-likeness (QED) is 0.492. The van der Waals surface area contributed by atoms with Crippen LogP contribution in [0.3, 0.4) is 0 Å². The van der Waals surface area contributed by atoms with Gasteiger partial charge < -0.3 is 19.5 Å². The standard InChI is InChI=1S/C26H30N6O2/c1-18-5-6-20(29-25(33)23-15-31(17-28-23)26(2,3)4)13-22(18)19-11-21-14-27-16-32(21)24(12-19)30-7-9-34-10-8-30/h5-6,11-17H,7-10H2,1-4H3,(H,29,33). The van der Waals surface area contributed by atoms with Crippen LogP contribution < -0.4 is 10.2 Å².